The van der Waals surface area contributed by atoms with E-state index < -0.39 is 12.2 Å². The predicted octanol–water partition coefficient (Wildman–Crippen LogP) is 3.14. The Morgan fingerprint density at radius 2 is 1.87 bits per heavy atom. The van der Waals surface area contributed by atoms with Crippen LogP contribution in [0.1, 0.15) is 11.7 Å². The van der Waals surface area contributed by atoms with Gasteiger partial charge < -0.3 is 5.73 Å². The molecule has 1 atom stereocenters. The highest BCUT2D eigenvalue weighted by molar-refractivity contribution is 6.31. The van der Waals surface area contributed by atoms with Gasteiger partial charge in [-0.2, -0.15) is 13.2 Å². The van der Waals surface area contributed by atoms with Crippen LogP contribution in [0.5, 0.6) is 0 Å². The van der Waals surface area contributed by atoms with Crippen LogP contribution in [0.2, 0.25) is 5.02 Å². The standard InChI is InChI=1S/C7H6ClF3N2.2ClH/c8-4-2-1-3-13-5(4)6(12)7(9,10)11;;/h1-3,6H,12H2;2*1H/t6-;;/m1../s1. The molecule has 1 aromatic rings. The zero-order valence-electron chi connectivity index (χ0n) is 7.16. The molecular weight excluding hydrogens is 275 g/mol. The van der Waals surface area contributed by atoms with Crippen molar-refractivity contribution in [1.82, 2.24) is 4.98 Å². The molecule has 0 aliphatic carbocycles. The van der Waals surface area contributed by atoms with Gasteiger partial charge in [0.2, 0.25) is 0 Å². The molecule has 1 heterocycles. The highest BCUT2D eigenvalue weighted by atomic mass is 35.5. The summed E-state index contributed by atoms with van der Waals surface area (Å²) in [6.07, 6.45) is -3.30. The molecule has 0 spiro atoms. The fourth-order valence-electron chi connectivity index (χ4n) is 0.782. The van der Waals surface area contributed by atoms with Gasteiger partial charge in [0.1, 0.15) is 6.04 Å². The van der Waals surface area contributed by atoms with Crippen LogP contribution >= 0.6 is 36.4 Å². The minimum atomic E-state index is -4.52. The van der Waals surface area contributed by atoms with E-state index in [1.165, 1.54) is 18.3 Å². The molecule has 1 aromatic heterocycles. The van der Waals surface area contributed by atoms with Crippen molar-refractivity contribution in [3.05, 3.63) is 29.0 Å². The number of hydrogen-bond acceptors (Lipinski definition) is 2. The number of rotatable bonds is 1. The molecule has 0 saturated carbocycles. The van der Waals surface area contributed by atoms with E-state index in [0.717, 1.165) is 0 Å². The lowest BCUT2D eigenvalue weighted by Gasteiger charge is -2.15. The Hall–Kier alpha value is -0.230. The molecule has 0 aromatic carbocycles. The van der Waals surface area contributed by atoms with E-state index >= 15 is 0 Å². The van der Waals surface area contributed by atoms with Gasteiger partial charge in [-0.05, 0) is 12.1 Å². The monoisotopic (exact) mass is 282 g/mol. The van der Waals surface area contributed by atoms with E-state index in [1.54, 1.807) is 0 Å². The Labute approximate surface area is 102 Å². The maximum atomic E-state index is 12.1. The van der Waals surface area contributed by atoms with Crippen molar-refractivity contribution >= 4 is 36.4 Å². The van der Waals surface area contributed by atoms with Crippen LogP contribution in [0.25, 0.3) is 0 Å². The molecule has 15 heavy (non-hydrogen) atoms. The molecular formula is C7H8Cl3F3N2. The van der Waals surface area contributed by atoms with Crippen LogP contribution in [0.15, 0.2) is 18.3 Å². The first-order chi connectivity index (χ1) is 5.93. The smallest absolute Gasteiger partial charge is 0.315 e. The molecule has 88 valence electrons. The van der Waals surface area contributed by atoms with Gasteiger partial charge in [0.15, 0.2) is 0 Å². The first-order valence-corrected chi connectivity index (χ1v) is 3.73. The van der Waals surface area contributed by atoms with E-state index in [4.69, 9.17) is 17.3 Å². The molecule has 0 unspecified atom stereocenters. The van der Waals surface area contributed by atoms with Crippen LogP contribution in [0, 0.1) is 0 Å². The maximum Gasteiger partial charge on any atom is 0.409 e. The Bertz CT molecular complexity index is 306. The highest BCUT2D eigenvalue weighted by Crippen LogP contribution is 2.32. The number of hydrogen-bond donors (Lipinski definition) is 1. The summed E-state index contributed by atoms with van der Waals surface area (Å²) >= 11 is 5.48. The van der Waals surface area contributed by atoms with Crippen molar-refractivity contribution < 1.29 is 13.2 Å². The van der Waals surface area contributed by atoms with Crippen molar-refractivity contribution in [1.29, 1.82) is 0 Å². The average Bonchev–Trinajstić information content (AvgIpc) is 2.02. The van der Waals surface area contributed by atoms with Crippen molar-refractivity contribution in [2.24, 2.45) is 5.73 Å². The van der Waals surface area contributed by atoms with Crippen molar-refractivity contribution in [2.75, 3.05) is 0 Å². The topological polar surface area (TPSA) is 38.9 Å². The Morgan fingerprint density at radius 3 is 2.27 bits per heavy atom. The molecule has 0 amide bonds. The SMILES string of the molecule is Cl.Cl.N[C@H](c1ncccc1Cl)C(F)(F)F. The zero-order valence-corrected chi connectivity index (χ0v) is 9.55. The summed E-state index contributed by atoms with van der Waals surface area (Å²) in [5, 5.41) is -0.0766. The number of halogens is 6. The second-order valence-corrected chi connectivity index (χ2v) is 2.80. The Morgan fingerprint density at radius 1 is 1.33 bits per heavy atom. The summed E-state index contributed by atoms with van der Waals surface area (Å²) < 4.78 is 36.3. The maximum absolute atomic E-state index is 12.1. The van der Waals surface area contributed by atoms with Gasteiger partial charge in [-0.3, -0.25) is 4.98 Å². The molecule has 8 heteroatoms. The summed E-state index contributed by atoms with van der Waals surface area (Å²) in [6.45, 7) is 0. The van der Waals surface area contributed by atoms with E-state index in [1.807, 2.05) is 0 Å². The van der Waals surface area contributed by atoms with E-state index in [9.17, 15) is 13.2 Å². The number of aromatic nitrogens is 1. The third kappa shape index (κ3) is 4.42. The number of pyridine rings is 1. The third-order valence-corrected chi connectivity index (χ3v) is 1.75. The van der Waals surface area contributed by atoms with Crippen molar-refractivity contribution in [3.63, 3.8) is 0 Å². The van der Waals surface area contributed by atoms with E-state index in [0.29, 0.717) is 0 Å². The zero-order chi connectivity index (χ0) is 10.1. The first kappa shape index (κ1) is 17.2. The fraction of sp³-hybridized carbons (Fsp3) is 0.286. The lowest BCUT2D eigenvalue weighted by atomic mass is 10.2. The van der Waals surface area contributed by atoms with Gasteiger partial charge in [0.05, 0.1) is 10.7 Å². The average molecular weight is 284 g/mol. The van der Waals surface area contributed by atoms with Crippen LogP contribution in [-0.4, -0.2) is 11.2 Å². The van der Waals surface area contributed by atoms with Crippen LogP contribution in [-0.2, 0) is 0 Å². The van der Waals surface area contributed by atoms with Crippen LogP contribution < -0.4 is 5.73 Å². The van der Waals surface area contributed by atoms with Crippen molar-refractivity contribution in [2.45, 2.75) is 12.2 Å². The van der Waals surface area contributed by atoms with E-state index in [2.05, 4.69) is 4.98 Å². The molecule has 0 radical (unpaired) electrons. The van der Waals surface area contributed by atoms with Gasteiger partial charge in [0, 0.05) is 6.20 Å². The summed E-state index contributed by atoms with van der Waals surface area (Å²) in [4.78, 5) is 3.47. The van der Waals surface area contributed by atoms with Gasteiger partial charge in [-0.25, -0.2) is 0 Å². The molecule has 0 fully saturated rings. The molecule has 0 aliphatic rings. The molecule has 1 rings (SSSR count). The van der Waals surface area contributed by atoms with E-state index in [-0.39, 0.29) is 35.5 Å². The minimum absolute atomic E-state index is 0. The fourth-order valence-corrected chi connectivity index (χ4v) is 1.02. The second-order valence-electron chi connectivity index (χ2n) is 2.39. The quantitative estimate of drug-likeness (QED) is 0.860. The third-order valence-electron chi connectivity index (χ3n) is 1.43. The minimum Gasteiger partial charge on any atom is -0.315 e. The van der Waals surface area contributed by atoms with Crippen LogP contribution in [0.3, 0.4) is 0 Å². The number of nitrogens with two attached hydrogens (primary N) is 1. The largest absolute Gasteiger partial charge is 0.409 e. The highest BCUT2D eigenvalue weighted by Gasteiger charge is 2.39. The Kier molecular flexibility index (Phi) is 7.30. The molecule has 2 nitrogen and oxygen atoms in total. The van der Waals surface area contributed by atoms with Crippen LogP contribution in [0.4, 0.5) is 13.2 Å². The van der Waals surface area contributed by atoms with Gasteiger partial charge in [-0.15, -0.1) is 24.8 Å². The Balaban J connectivity index is 0. The predicted molar refractivity (Wildman–Crippen MR) is 56.7 cm³/mol. The lowest BCUT2D eigenvalue weighted by molar-refractivity contribution is -0.149. The molecule has 2 N–H and O–H groups in total. The summed E-state index contributed by atoms with van der Waals surface area (Å²) in [7, 11) is 0. The molecule has 0 bridgehead atoms. The summed E-state index contributed by atoms with van der Waals surface area (Å²) in [6, 6.07) is 0.630. The van der Waals surface area contributed by atoms with Gasteiger partial charge >= 0.3 is 6.18 Å². The number of alkyl halides is 3. The van der Waals surface area contributed by atoms with Gasteiger partial charge in [0.25, 0.3) is 0 Å². The number of nitrogens with zero attached hydrogens (tertiary/aromatic N) is 1. The molecule has 0 aliphatic heterocycles. The lowest BCUT2D eigenvalue weighted by Crippen LogP contribution is -2.29. The normalized spacial score (nSPS) is 12.3. The van der Waals surface area contributed by atoms with Gasteiger partial charge in [-0.1, -0.05) is 11.6 Å². The summed E-state index contributed by atoms with van der Waals surface area (Å²) in [5.74, 6) is 0. The van der Waals surface area contributed by atoms with Crippen molar-refractivity contribution in [3.8, 4) is 0 Å². The second kappa shape index (κ2) is 6.37. The summed E-state index contributed by atoms with van der Waals surface area (Å²) in [5.41, 5.74) is 4.55. The molecule has 0 saturated heterocycles. The first-order valence-electron chi connectivity index (χ1n) is 3.35.